The second-order valence-electron chi connectivity index (χ2n) is 7.98. The van der Waals surface area contributed by atoms with Gasteiger partial charge in [0.05, 0.1) is 0 Å². The number of hydrogen-bond acceptors (Lipinski definition) is 3. The van der Waals surface area contributed by atoms with E-state index in [1.165, 1.54) is 0 Å². The predicted octanol–water partition coefficient (Wildman–Crippen LogP) is 5.48. The lowest BCUT2D eigenvalue weighted by molar-refractivity contribution is 0.466. The van der Waals surface area contributed by atoms with E-state index < -0.39 is 20.7 Å². The zero-order chi connectivity index (χ0) is 21.2. The van der Waals surface area contributed by atoms with Crippen molar-refractivity contribution in [3.8, 4) is 5.75 Å². The number of aryl methyl sites for hydroxylation is 6. The van der Waals surface area contributed by atoms with E-state index in [-0.39, 0.29) is 0 Å². The summed E-state index contributed by atoms with van der Waals surface area (Å²) < 4.78 is 27.1. The van der Waals surface area contributed by atoms with E-state index in [0.717, 1.165) is 48.1 Å². The van der Waals surface area contributed by atoms with Crippen LogP contribution in [0.2, 0.25) is 0 Å². The Labute approximate surface area is 175 Å². The van der Waals surface area contributed by atoms with Gasteiger partial charge in [0.2, 0.25) is 9.84 Å². The third-order valence-corrected chi connectivity index (χ3v) is 10.2. The molecule has 0 unspecified atom stereocenters. The minimum Gasteiger partial charge on any atom is -0.507 e. The molecule has 0 aliphatic carbocycles. The number of rotatable bonds is 1. The summed E-state index contributed by atoms with van der Waals surface area (Å²) >= 11 is 0. The number of fused-ring (bicyclic) bond motifs is 2. The van der Waals surface area contributed by atoms with Gasteiger partial charge in [0.15, 0.2) is 14.7 Å². The minimum absolute atomic E-state index is 0.294. The largest absolute Gasteiger partial charge is 0.507 e. The molecule has 0 bridgehead atoms. The van der Waals surface area contributed by atoms with Crippen LogP contribution in [-0.4, -0.2) is 13.5 Å². The van der Waals surface area contributed by atoms with Crippen molar-refractivity contribution in [1.29, 1.82) is 0 Å². The van der Waals surface area contributed by atoms with Crippen molar-refractivity contribution in [2.24, 2.45) is 0 Å². The molecular formula is C24H25O3S2+. The zero-order valence-corrected chi connectivity index (χ0v) is 19.2. The molecular weight excluding hydrogens is 400 g/mol. The molecule has 5 heteroatoms. The molecule has 3 aromatic rings. The van der Waals surface area contributed by atoms with Crippen LogP contribution in [0.1, 0.15) is 33.4 Å². The van der Waals surface area contributed by atoms with Gasteiger partial charge in [-0.3, -0.25) is 0 Å². The van der Waals surface area contributed by atoms with Gasteiger partial charge in [0.1, 0.15) is 26.4 Å². The number of aromatic hydroxyl groups is 1. The van der Waals surface area contributed by atoms with Crippen LogP contribution in [0.3, 0.4) is 0 Å². The summed E-state index contributed by atoms with van der Waals surface area (Å²) in [6.07, 6.45) is 0. The van der Waals surface area contributed by atoms with Crippen LogP contribution in [0, 0.1) is 41.5 Å². The Kier molecular flexibility index (Phi) is 4.59. The summed E-state index contributed by atoms with van der Waals surface area (Å²) in [5.41, 5.74) is 5.71. The van der Waals surface area contributed by atoms with Gasteiger partial charge in [-0.2, -0.15) is 0 Å². The molecule has 1 heterocycles. The zero-order valence-electron chi connectivity index (χ0n) is 17.5. The second-order valence-corrected chi connectivity index (χ2v) is 11.8. The smallest absolute Gasteiger partial charge is 0.216 e. The molecule has 29 heavy (non-hydrogen) atoms. The van der Waals surface area contributed by atoms with Crippen LogP contribution in [0.4, 0.5) is 0 Å². The molecule has 1 aliphatic rings. The van der Waals surface area contributed by atoms with Gasteiger partial charge in [-0.15, -0.1) is 0 Å². The van der Waals surface area contributed by atoms with Crippen molar-refractivity contribution < 1.29 is 13.5 Å². The number of phenolic OH excluding ortho intramolecular Hbond substituents is 1. The van der Waals surface area contributed by atoms with Gasteiger partial charge in [0.25, 0.3) is 0 Å². The summed E-state index contributed by atoms with van der Waals surface area (Å²) in [5.74, 6) is 0.294. The molecule has 1 N–H and O–H groups in total. The molecule has 3 nitrogen and oxygen atoms in total. The Balaban J connectivity index is 2.15. The van der Waals surface area contributed by atoms with Crippen molar-refractivity contribution in [3.63, 3.8) is 0 Å². The van der Waals surface area contributed by atoms with E-state index in [2.05, 4.69) is 0 Å². The first kappa shape index (κ1) is 20.0. The molecule has 150 valence electrons. The highest BCUT2D eigenvalue weighted by Gasteiger charge is 2.46. The number of phenols is 1. The van der Waals surface area contributed by atoms with E-state index in [4.69, 9.17) is 0 Å². The standard InChI is InChI=1S/C24H24O3S2/c1-13-9-20-22(11-15(13)3)29(26,27)23-12-16(4)14(2)10-21(23)28(20)19-7-17(5)24(25)18(6)8-19/h7-12H,1-6H3/p+1. The third kappa shape index (κ3) is 2.99. The molecule has 4 rings (SSSR count). The highest BCUT2D eigenvalue weighted by atomic mass is 32.2. The Morgan fingerprint density at radius 1 is 0.621 bits per heavy atom. The molecule has 0 saturated carbocycles. The molecule has 0 aromatic heterocycles. The highest BCUT2D eigenvalue weighted by molar-refractivity contribution is 8.00. The first-order valence-corrected chi connectivity index (χ1v) is 12.2. The summed E-state index contributed by atoms with van der Waals surface area (Å²) in [5, 5.41) is 10.3. The van der Waals surface area contributed by atoms with Gasteiger partial charge in [-0.25, -0.2) is 8.42 Å². The first-order valence-electron chi connectivity index (χ1n) is 9.54. The SMILES string of the molecule is Cc1cc2c(cc1C)S(=O)(=O)c1cc(C)c(C)cc1[S+]2c1cc(C)c(O)c(C)c1. The summed E-state index contributed by atoms with van der Waals surface area (Å²) in [7, 11) is -4.15. The highest BCUT2D eigenvalue weighted by Crippen LogP contribution is 2.47. The lowest BCUT2D eigenvalue weighted by Crippen LogP contribution is -2.21. The number of sulfone groups is 1. The molecule has 0 atom stereocenters. The average Bonchev–Trinajstić information content (AvgIpc) is 2.64. The maximum Gasteiger partial charge on any atom is 0.216 e. The van der Waals surface area contributed by atoms with Crippen LogP contribution in [0.5, 0.6) is 5.75 Å². The lowest BCUT2D eigenvalue weighted by atomic mass is 10.1. The maximum absolute atomic E-state index is 13.6. The van der Waals surface area contributed by atoms with E-state index in [1.54, 1.807) is 0 Å². The molecule has 0 amide bonds. The molecule has 0 spiro atoms. The molecule has 0 fully saturated rings. The van der Waals surface area contributed by atoms with Gasteiger partial charge >= 0.3 is 0 Å². The van der Waals surface area contributed by atoms with Gasteiger partial charge in [-0.1, -0.05) is 0 Å². The van der Waals surface area contributed by atoms with E-state index in [9.17, 15) is 13.5 Å². The molecule has 0 saturated heterocycles. The van der Waals surface area contributed by atoms with Crippen LogP contribution in [0.15, 0.2) is 60.9 Å². The second kappa shape index (κ2) is 6.64. The Morgan fingerprint density at radius 3 is 1.41 bits per heavy atom. The van der Waals surface area contributed by atoms with Crippen LogP contribution < -0.4 is 0 Å². The van der Waals surface area contributed by atoms with Gasteiger partial charge in [0, 0.05) is 12.1 Å². The minimum atomic E-state index is -3.59. The quantitative estimate of drug-likeness (QED) is 0.411. The van der Waals surface area contributed by atoms with Crippen molar-refractivity contribution in [3.05, 3.63) is 69.8 Å². The van der Waals surface area contributed by atoms with Crippen LogP contribution in [0.25, 0.3) is 0 Å². The summed E-state index contributed by atoms with van der Waals surface area (Å²) in [6.45, 7) is 11.7. The maximum atomic E-state index is 13.6. The molecule has 0 radical (unpaired) electrons. The van der Waals surface area contributed by atoms with Crippen LogP contribution in [-0.2, 0) is 20.7 Å². The Hall–Kier alpha value is -2.24. The molecule has 1 aliphatic heterocycles. The van der Waals surface area contributed by atoms with E-state index >= 15 is 0 Å². The van der Waals surface area contributed by atoms with E-state index in [0.29, 0.717) is 15.5 Å². The first-order chi connectivity index (χ1) is 13.5. The third-order valence-electron chi connectivity index (χ3n) is 5.84. The average molecular weight is 426 g/mol. The van der Waals surface area contributed by atoms with Gasteiger partial charge in [-0.05, 0) is 99.2 Å². The topological polar surface area (TPSA) is 54.4 Å². The number of hydrogen-bond donors (Lipinski definition) is 1. The van der Waals surface area contributed by atoms with Gasteiger partial charge < -0.3 is 5.11 Å². The fourth-order valence-corrected chi connectivity index (χ4v) is 8.94. The summed E-state index contributed by atoms with van der Waals surface area (Å²) in [4.78, 5) is 3.52. The van der Waals surface area contributed by atoms with Crippen molar-refractivity contribution >= 4 is 20.7 Å². The monoisotopic (exact) mass is 425 g/mol. The van der Waals surface area contributed by atoms with Crippen molar-refractivity contribution in [2.45, 2.75) is 66.0 Å². The predicted molar refractivity (Wildman–Crippen MR) is 117 cm³/mol. The fraction of sp³-hybridized carbons (Fsp3) is 0.250. The number of benzene rings is 3. The molecule has 3 aromatic carbocycles. The fourth-order valence-electron chi connectivity index (χ4n) is 3.79. The normalized spacial score (nSPS) is 15.1. The van der Waals surface area contributed by atoms with E-state index in [1.807, 2.05) is 77.9 Å². The van der Waals surface area contributed by atoms with Crippen molar-refractivity contribution in [2.75, 3.05) is 0 Å². The Bertz CT molecular complexity index is 1200. The Morgan fingerprint density at radius 2 is 1.00 bits per heavy atom. The van der Waals surface area contributed by atoms with Crippen LogP contribution >= 0.6 is 0 Å². The van der Waals surface area contributed by atoms with Crippen molar-refractivity contribution in [1.82, 2.24) is 0 Å². The summed E-state index contributed by atoms with van der Waals surface area (Å²) in [6, 6.07) is 11.7. The lowest BCUT2D eigenvalue weighted by Gasteiger charge is -2.22.